The summed E-state index contributed by atoms with van der Waals surface area (Å²) in [4.78, 5) is 14.0. The van der Waals surface area contributed by atoms with Crippen molar-refractivity contribution >= 4 is 47.1 Å². The Kier molecular flexibility index (Phi) is 8.86. The Balaban J connectivity index is 2.88. The van der Waals surface area contributed by atoms with Gasteiger partial charge in [-0.15, -0.1) is 0 Å². The number of hydrogen-bond donors (Lipinski definition) is 0. The van der Waals surface area contributed by atoms with Crippen molar-refractivity contribution in [1.29, 1.82) is 0 Å². The van der Waals surface area contributed by atoms with Gasteiger partial charge >= 0.3 is 0 Å². The molecular weight excluding hydrogens is 402 g/mol. The van der Waals surface area contributed by atoms with Crippen LogP contribution in [0.25, 0.3) is 0 Å². The molecule has 24 heavy (non-hydrogen) atoms. The van der Waals surface area contributed by atoms with E-state index < -0.39 is 19.5 Å². The number of aryl methyl sites for hydroxylation is 1. The highest BCUT2D eigenvalue weighted by atomic mass is 79.9. The second kappa shape index (κ2) is 9.86. The number of benzene rings is 1. The first kappa shape index (κ1) is 21.6. The Morgan fingerprint density at radius 2 is 1.88 bits per heavy atom. The van der Waals surface area contributed by atoms with Gasteiger partial charge in [-0.3, -0.25) is 4.79 Å². The molecule has 136 valence electrons. The number of carbonyl (C=O) groups excluding carboxylic acids is 1. The molecule has 0 bridgehead atoms. The number of carbonyl (C=O) groups is 1. The molecule has 0 spiro atoms. The highest BCUT2D eigenvalue weighted by molar-refractivity contribution is 9.10. The van der Waals surface area contributed by atoms with E-state index in [0.717, 1.165) is 22.1 Å². The smallest absolute Gasteiger partial charge is 0.223 e. The first-order valence-corrected chi connectivity index (χ1v) is 13.3. The maximum atomic E-state index is 12.1. The predicted octanol–water partition coefficient (Wildman–Crippen LogP) is 3.15. The lowest BCUT2D eigenvalue weighted by molar-refractivity contribution is -0.117. The van der Waals surface area contributed by atoms with Crippen molar-refractivity contribution in [1.82, 2.24) is 0 Å². The van der Waals surface area contributed by atoms with Crippen LogP contribution in [0.1, 0.15) is 32.8 Å². The minimum absolute atomic E-state index is 0.0506. The van der Waals surface area contributed by atoms with Gasteiger partial charge in [0.15, 0.2) is 19.5 Å². The standard InChI is InChI=1S/C17H30BrNO3Si2/c1-12-7-8-14(11-15(12)18)19(13(2)20)10-9-17(3,4)16(21-23-5)22-24-6/h7-8,11,16H,9-10,23-24H2,1-6H3. The summed E-state index contributed by atoms with van der Waals surface area (Å²) >= 11 is 3.55. The summed E-state index contributed by atoms with van der Waals surface area (Å²) in [6.07, 6.45) is 0.676. The number of nitrogens with zero attached hydrogens (tertiary/aromatic N) is 1. The lowest BCUT2D eigenvalue weighted by Crippen LogP contribution is -2.40. The summed E-state index contributed by atoms with van der Waals surface area (Å²) in [6.45, 7) is 12.9. The normalized spacial score (nSPS) is 14.0. The summed E-state index contributed by atoms with van der Waals surface area (Å²) in [7, 11) is -1.07. The van der Waals surface area contributed by atoms with E-state index in [1.54, 1.807) is 6.92 Å². The van der Waals surface area contributed by atoms with Gasteiger partial charge in [0, 0.05) is 29.0 Å². The number of rotatable bonds is 9. The highest BCUT2D eigenvalue weighted by Gasteiger charge is 2.31. The van der Waals surface area contributed by atoms with Crippen LogP contribution in [0, 0.1) is 12.3 Å². The lowest BCUT2D eigenvalue weighted by atomic mass is 9.88. The van der Waals surface area contributed by atoms with Gasteiger partial charge in [0.25, 0.3) is 0 Å². The van der Waals surface area contributed by atoms with E-state index in [0.29, 0.717) is 6.54 Å². The molecule has 0 saturated carbocycles. The van der Waals surface area contributed by atoms with Crippen LogP contribution in [-0.4, -0.2) is 38.3 Å². The third-order valence-electron chi connectivity index (χ3n) is 4.10. The third kappa shape index (κ3) is 6.11. The van der Waals surface area contributed by atoms with Gasteiger partial charge in [0.2, 0.25) is 5.91 Å². The summed E-state index contributed by atoms with van der Waals surface area (Å²) in [5.74, 6) is 0.0506. The van der Waals surface area contributed by atoms with Crippen molar-refractivity contribution in [2.75, 3.05) is 11.4 Å². The summed E-state index contributed by atoms with van der Waals surface area (Å²) < 4.78 is 12.9. The second-order valence-electron chi connectivity index (χ2n) is 6.59. The monoisotopic (exact) mass is 431 g/mol. The van der Waals surface area contributed by atoms with Crippen LogP contribution in [0.2, 0.25) is 13.1 Å². The van der Waals surface area contributed by atoms with E-state index >= 15 is 0 Å². The predicted molar refractivity (Wildman–Crippen MR) is 110 cm³/mol. The molecule has 0 fully saturated rings. The fourth-order valence-corrected chi connectivity index (χ4v) is 4.80. The van der Waals surface area contributed by atoms with E-state index in [1.807, 2.05) is 30.0 Å². The molecule has 0 saturated heterocycles. The molecule has 7 heteroatoms. The second-order valence-corrected chi connectivity index (χ2v) is 9.26. The van der Waals surface area contributed by atoms with E-state index in [-0.39, 0.29) is 17.6 Å². The molecule has 0 atom stereocenters. The molecule has 1 aromatic carbocycles. The average Bonchev–Trinajstić information content (AvgIpc) is 2.50. The Morgan fingerprint density at radius 3 is 2.33 bits per heavy atom. The van der Waals surface area contributed by atoms with Crippen molar-refractivity contribution in [2.45, 2.75) is 53.5 Å². The fraction of sp³-hybridized carbons (Fsp3) is 0.588. The van der Waals surface area contributed by atoms with Crippen molar-refractivity contribution in [3.63, 3.8) is 0 Å². The van der Waals surface area contributed by atoms with E-state index in [4.69, 9.17) is 8.85 Å². The minimum Gasteiger partial charge on any atom is -0.400 e. The lowest BCUT2D eigenvalue weighted by Gasteiger charge is -2.36. The van der Waals surface area contributed by atoms with Crippen LogP contribution in [0.4, 0.5) is 5.69 Å². The molecule has 0 radical (unpaired) electrons. The molecular formula is C17H30BrNO3Si2. The zero-order valence-corrected chi connectivity index (χ0v) is 20.1. The Morgan fingerprint density at radius 1 is 1.29 bits per heavy atom. The topological polar surface area (TPSA) is 38.8 Å². The number of hydrogen-bond acceptors (Lipinski definition) is 3. The average molecular weight is 433 g/mol. The Labute approximate surface area is 159 Å². The van der Waals surface area contributed by atoms with E-state index in [2.05, 4.69) is 42.9 Å². The van der Waals surface area contributed by atoms with Gasteiger partial charge in [0.1, 0.15) is 6.29 Å². The van der Waals surface area contributed by atoms with E-state index in [9.17, 15) is 4.79 Å². The number of amides is 1. The van der Waals surface area contributed by atoms with Crippen molar-refractivity contribution in [3.8, 4) is 0 Å². The largest absolute Gasteiger partial charge is 0.400 e. The van der Waals surface area contributed by atoms with Gasteiger partial charge in [0.05, 0.1) is 0 Å². The maximum Gasteiger partial charge on any atom is 0.223 e. The van der Waals surface area contributed by atoms with Crippen molar-refractivity contribution in [3.05, 3.63) is 28.2 Å². The molecule has 4 nitrogen and oxygen atoms in total. The van der Waals surface area contributed by atoms with Crippen LogP contribution >= 0.6 is 15.9 Å². The SMILES string of the molecule is C[SiH2]OC(O[SiH2]C)C(C)(C)CCN(C(C)=O)c1ccc(C)c(Br)c1. The molecule has 1 amide bonds. The van der Waals surface area contributed by atoms with Crippen LogP contribution in [0.15, 0.2) is 22.7 Å². The number of halogens is 1. The molecule has 1 rings (SSSR count). The zero-order valence-electron chi connectivity index (χ0n) is 15.7. The molecule has 0 aliphatic heterocycles. The minimum atomic E-state index is -0.536. The van der Waals surface area contributed by atoms with Crippen LogP contribution in [0.3, 0.4) is 0 Å². The van der Waals surface area contributed by atoms with Gasteiger partial charge < -0.3 is 13.8 Å². The summed E-state index contributed by atoms with van der Waals surface area (Å²) in [5.41, 5.74) is 1.95. The first-order chi connectivity index (χ1) is 11.2. The molecule has 0 heterocycles. The third-order valence-corrected chi connectivity index (χ3v) is 6.23. The summed E-state index contributed by atoms with van der Waals surface area (Å²) in [5, 5.41) is 0. The fourth-order valence-electron chi connectivity index (χ4n) is 2.54. The van der Waals surface area contributed by atoms with Crippen molar-refractivity contribution in [2.24, 2.45) is 5.41 Å². The maximum absolute atomic E-state index is 12.1. The molecule has 0 aromatic heterocycles. The first-order valence-electron chi connectivity index (χ1n) is 8.50. The van der Waals surface area contributed by atoms with Gasteiger partial charge in [-0.2, -0.15) is 0 Å². The van der Waals surface area contributed by atoms with Gasteiger partial charge in [-0.25, -0.2) is 0 Å². The summed E-state index contributed by atoms with van der Waals surface area (Å²) in [6, 6.07) is 6.03. The number of anilines is 1. The van der Waals surface area contributed by atoms with Crippen LogP contribution < -0.4 is 4.90 Å². The molecule has 0 aliphatic rings. The molecule has 1 aromatic rings. The van der Waals surface area contributed by atoms with Crippen LogP contribution in [0.5, 0.6) is 0 Å². The highest BCUT2D eigenvalue weighted by Crippen LogP contribution is 2.30. The van der Waals surface area contributed by atoms with Crippen LogP contribution in [-0.2, 0) is 13.6 Å². The zero-order chi connectivity index (χ0) is 18.3. The Bertz CT molecular complexity index is 549. The van der Waals surface area contributed by atoms with Gasteiger partial charge in [-0.05, 0) is 31.0 Å². The molecule has 0 aliphatic carbocycles. The molecule has 0 unspecified atom stereocenters. The molecule has 0 N–H and O–H groups in total. The van der Waals surface area contributed by atoms with E-state index in [1.165, 1.54) is 0 Å². The Hall–Kier alpha value is -0.476. The quantitative estimate of drug-likeness (QED) is 0.445. The van der Waals surface area contributed by atoms with Gasteiger partial charge in [-0.1, -0.05) is 48.9 Å². The van der Waals surface area contributed by atoms with Crippen molar-refractivity contribution < 1.29 is 13.6 Å².